The molecule has 112 valence electrons. The Kier molecular flexibility index (Phi) is 4.04. The third-order valence-electron chi connectivity index (χ3n) is 3.74. The van der Waals surface area contributed by atoms with Gasteiger partial charge >= 0.3 is 0 Å². The van der Waals surface area contributed by atoms with E-state index in [0.29, 0.717) is 5.71 Å². The molecule has 4 heteroatoms. The molecule has 0 saturated heterocycles. The lowest BCUT2D eigenvalue weighted by atomic mass is 10.1. The van der Waals surface area contributed by atoms with Gasteiger partial charge in [-0.2, -0.15) is 0 Å². The van der Waals surface area contributed by atoms with Crippen LogP contribution in [0.15, 0.2) is 47.5 Å². The molecule has 2 aromatic rings. The Hall–Kier alpha value is -1.69. The Morgan fingerprint density at radius 3 is 2.55 bits per heavy atom. The van der Waals surface area contributed by atoms with Crippen LogP contribution in [0.2, 0.25) is 0 Å². The smallest absolute Gasteiger partial charge is 0.277 e. The number of rotatable bonds is 2. The summed E-state index contributed by atoms with van der Waals surface area (Å²) >= 11 is 2.30. The maximum absolute atomic E-state index is 12.8. The van der Waals surface area contributed by atoms with E-state index in [0.717, 1.165) is 16.9 Å². The van der Waals surface area contributed by atoms with Crippen LogP contribution >= 0.6 is 22.6 Å². The second kappa shape index (κ2) is 5.83. The number of para-hydroxylation sites is 1. The largest absolute Gasteiger partial charge is 0.304 e. The van der Waals surface area contributed by atoms with Crippen molar-refractivity contribution in [3.05, 3.63) is 57.2 Å². The summed E-state index contributed by atoms with van der Waals surface area (Å²) in [5.41, 5.74) is 4.38. The van der Waals surface area contributed by atoms with Crippen molar-refractivity contribution in [2.75, 3.05) is 4.90 Å². The van der Waals surface area contributed by atoms with E-state index in [2.05, 4.69) is 34.5 Å². The number of fused-ring (bicyclic) bond motifs is 1. The molecule has 0 fully saturated rings. The SMILES string of the molecule is Cc1cc(N=C2C(=O)N(C(C)C)c3ccccc32)ccc1I. The quantitative estimate of drug-likeness (QED) is 0.680. The van der Waals surface area contributed by atoms with Gasteiger partial charge in [-0.1, -0.05) is 18.2 Å². The van der Waals surface area contributed by atoms with E-state index in [1.807, 2.05) is 61.2 Å². The predicted molar refractivity (Wildman–Crippen MR) is 99.2 cm³/mol. The summed E-state index contributed by atoms with van der Waals surface area (Å²) in [6, 6.07) is 14.0. The Balaban J connectivity index is 2.12. The molecule has 1 aliphatic rings. The molecule has 0 atom stereocenters. The van der Waals surface area contributed by atoms with Crippen LogP contribution < -0.4 is 4.90 Å². The molecule has 0 spiro atoms. The van der Waals surface area contributed by atoms with Gasteiger partial charge in [0.25, 0.3) is 5.91 Å². The molecule has 1 heterocycles. The highest BCUT2D eigenvalue weighted by Crippen LogP contribution is 2.32. The number of anilines is 1. The standard InChI is InChI=1S/C18H17IN2O/c1-11(2)21-16-7-5-4-6-14(16)17(18(21)22)20-13-8-9-15(19)12(3)10-13/h4-11H,1-3H3. The van der Waals surface area contributed by atoms with E-state index in [9.17, 15) is 4.79 Å². The summed E-state index contributed by atoms with van der Waals surface area (Å²) in [7, 11) is 0. The first-order valence-corrected chi connectivity index (χ1v) is 8.34. The Labute approximate surface area is 144 Å². The zero-order chi connectivity index (χ0) is 15.9. The fourth-order valence-corrected chi connectivity index (χ4v) is 3.01. The molecule has 0 aromatic heterocycles. The van der Waals surface area contributed by atoms with Crippen molar-refractivity contribution in [1.82, 2.24) is 0 Å². The number of nitrogens with zero attached hydrogens (tertiary/aromatic N) is 2. The average Bonchev–Trinajstić information content (AvgIpc) is 2.76. The van der Waals surface area contributed by atoms with Crippen molar-refractivity contribution in [3.63, 3.8) is 0 Å². The van der Waals surface area contributed by atoms with Crippen molar-refractivity contribution in [3.8, 4) is 0 Å². The summed E-state index contributed by atoms with van der Waals surface area (Å²) in [4.78, 5) is 19.2. The molecule has 2 aromatic carbocycles. The normalized spacial score (nSPS) is 15.8. The first-order valence-electron chi connectivity index (χ1n) is 7.27. The number of hydrogen-bond acceptors (Lipinski definition) is 2. The zero-order valence-electron chi connectivity index (χ0n) is 12.8. The summed E-state index contributed by atoms with van der Waals surface area (Å²) in [6.45, 7) is 6.09. The van der Waals surface area contributed by atoms with Crippen molar-refractivity contribution < 1.29 is 4.79 Å². The molecule has 0 N–H and O–H groups in total. The van der Waals surface area contributed by atoms with Crippen LogP contribution in [0.3, 0.4) is 0 Å². The fourth-order valence-electron chi connectivity index (χ4n) is 2.67. The predicted octanol–water partition coefficient (Wildman–Crippen LogP) is 4.48. The topological polar surface area (TPSA) is 32.7 Å². The van der Waals surface area contributed by atoms with Gasteiger partial charge in [0.05, 0.1) is 11.4 Å². The second-order valence-electron chi connectivity index (χ2n) is 5.68. The summed E-state index contributed by atoms with van der Waals surface area (Å²) in [5, 5.41) is 0. The highest BCUT2D eigenvalue weighted by atomic mass is 127. The van der Waals surface area contributed by atoms with Gasteiger partial charge in [-0.25, -0.2) is 4.99 Å². The van der Waals surface area contributed by atoms with Crippen LogP contribution in [0.5, 0.6) is 0 Å². The van der Waals surface area contributed by atoms with E-state index < -0.39 is 0 Å². The van der Waals surface area contributed by atoms with Gasteiger partial charge in [-0.15, -0.1) is 0 Å². The summed E-state index contributed by atoms with van der Waals surface area (Å²) < 4.78 is 1.20. The van der Waals surface area contributed by atoms with Gasteiger partial charge in [-0.3, -0.25) is 4.79 Å². The van der Waals surface area contributed by atoms with Crippen molar-refractivity contribution in [2.24, 2.45) is 4.99 Å². The lowest BCUT2D eigenvalue weighted by Gasteiger charge is -2.20. The van der Waals surface area contributed by atoms with Gasteiger partial charge in [0.2, 0.25) is 0 Å². The molecular formula is C18H17IN2O. The molecule has 0 aliphatic carbocycles. The van der Waals surface area contributed by atoms with Crippen LogP contribution in [0.25, 0.3) is 0 Å². The van der Waals surface area contributed by atoms with Crippen LogP contribution in [-0.2, 0) is 4.79 Å². The number of aryl methyl sites for hydroxylation is 1. The van der Waals surface area contributed by atoms with Crippen LogP contribution in [0.1, 0.15) is 25.0 Å². The first-order chi connectivity index (χ1) is 10.5. The van der Waals surface area contributed by atoms with E-state index in [1.165, 1.54) is 9.13 Å². The summed E-state index contributed by atoms with van der Waals surface area (Å²) in [6.07, 6.45) is 0. The van der Waals surface area contributed by atoms with Gasteiger partial charge in [-0.05, 0) is 73.2 Å². The number of halogens is 1. The maximum atomic E-state index is 12.8. The molecule has 0 radical (unpaired) electrons. The minimum atomic E-state index is -0.0209. The van der Waals surface area contributed by atoms with E-state index in [1.54, 1.807) is 0 Å². The Morgan fingerprint density at radius 2 is 1.86 bits per heavy atom. The molecule has 3 rings (SSSR count). The highest BCUT2D eigenvalue weighted by molar-refractivity contribution is 14.1. The second-order valence-corrected chi connectivity index (χ2v) is 6.84. The van der Waals surface area contributed by atoms with Gasteiger partial charge in [0.1, 0.15) is 5.71 Å². The number of benzene rings is 2. The minimum Gasteiger partial charge on any atom is -0.304 e. The average molecular weight is 404 g/mol. The van der Waals surface area contributed by atoms with E-state index >= 15 is 0 Å². The Bertz CT molecular complexity index is 780. The molecule has 1 amide bonds. The molecule has 0 bridgehead atoms. The third-order valence-corrected chi connectivity index (χ3v) is 4.95. The molecule has 3 nitrogen and oxygen atoms in total. The number of carbonyl (C=O) groups excluding carboxylic acids is 1. The summed E-state index contributed by atoms with van der Waals surface area (Å²) in [5.74, 6) is -0.0209. The number of aliphatic imine (C=N–C) groups is 1. The lowest BCUT2D eigenvalue weighted by Crippen LogP contribution is -2.35. The molecule has 0 saturated carbocycles. The lowest BCUT2D eigenvalue weighted by molar-refractivity contribution is -0.112. The van der Waals surface area contributed by atoms with Gasteiger partial charge in [0.15, 0.2) is 0 Å². The minimum absolute atomic E-state index is 0.0209. The molecular weight excluding hydrogens is 387 g/mol. The van der Waals surface area contributed by atoms with Crippen molar-refractivity contribution in [1.29, 1.82) is 0 Å². The number of carbonyl (C=O) groups is 1. The van der Waals surface area contributed by atoms with Crippen molar-refractivity contribution >= 4 is 45.6 Å². The molecule has 1 aliphatic heterocycles. The van der Waals surface area contributed by atoms with Gasteiger partial charge in [0, 0.05) is 15.2 Å². The fraction of sp³-hybridized carbons (Fsp3) is 0.222. The van der Waals surface area contributed by atoms with Crippen molar-refractivity contribution in [2.45, 2.75) is 26.8 Å². The van der Waals surface area contributed by atoms with E-state index in [4.69, 9.17) is 0 Å². The monoisotopic (exact) mass is 404 g/mol. The first kappa shape index (κ1) is 15.2. The highest BCUT2D eigenvalue weighted by Gasteiger charge is 2.35. The van der Waals surface area contributed by atoms with Crippen LogP contribution in [0, 0.1) is 10.5 Å². The van der Waals surface area contributed by atoms with Crippen LogP contribution in [0.4, 0.5) is 11.4 Å². The number of hydrogen-bond donors (Lipinski definition) is 0. The van der Waals surface area contributed by atoms with Crippen LogP contribution in [-0.4, -0.2) is 17.7 Å². The molecule has 0 unspecified atom stereocenters. The zero-order valence-corrected chi connectivity index (χ0v) is 15.0. The maximum Gasteiger partial charge on any atom is 0.277 e. The third kappa shape index (κ3) is 2.56. The molecule has 22 heavy (non-hydrogen) atoms. The van der Waals surface area contributed by atoms with E-state index in [-0.39, 0.29) is 11.9 Å². The Morgan fingerprint density at radius 1 is 1.14 bits per heavy atom. The number of amides is 1. The van der Waals surface area contributed by atoms with Gasteiger partial charge < -0.3 is 4.90 Å².